The number of ether oxygens (including phenoxy) is 1. The van der Waals surface area contributed by atoms with E-state index in [0.29, 0.717) is 11.2 Å². The van der Waals surface area contributed by atoms with E-state index in [1.54, 1.807) is 11.8 Å². The van der Waals surface area contributed by atoms with Gasteiger partial charge in [0, 0.05) is 5.75 Å². The Hall–Kier alpha value is -0.550. The zero-order valence-electron chi connectivity index (χ0n) is 9.03. The van der Waals surface area contributed by atoms with Crippen molar-refractivity contribution in [2.45, 2.75) is 38.5 Å². The molecule has 0 amide bonds. The van der Waals surface area contributed by atoms with Crippen LogP contribution in [-0.2, 0) is 0 Å². The van der Waals surface area contributed by atoms with Crippen molar-refractivity contribution in [3.63, 3.8) is 0 Å². The molecule has 84 valence electrons. The SMILES string of the molecule is CCCSc1nc(Cl)nc(OC(C)C)n1. The van der Waals surface area contributed by atoms with E-state index in [1.807, 2.05) is 13.8 Å². The molecule has 0 radical (unpaired) electrons. The minimum Gasteiger partial charge on any atom is -0.461 e. The molecule has 0 aliphatic heterocycles. The van der Waals surface area contributed by atoms with Crippen LogP contribution >= 0.6 is 23.4 Å². The van der Waals surface area contributed by atoms with Crippen molar-refractivity contribution >= 4 is 23.4 Å². The van der Waals surface area contributed by atoms with Gasteiger partial charge in [-0.05, 0) is 31.9 Å². The van der Waals surface area contributed by atoms with E-state index in [4.69, 9.17) is 16.3 Å². The van der Waals surface area contributed by atoms with Gasteiger partial charge >= 0.3 is 6.01 Å². The highest BCUT2D eigenvalue weighted by molar-refractivity contribution is 7.99. The van der Waals surface area contributed by atoms with Crippen LogP contribution in [0.4, 0.5) is 0 Å². The van der Waals surface area contributed by atoms with Gasteiger partial charge < -0.3 is 4.74 Å². The van der Waals surface area contributed by atoms with Gasteiger partial charge in [0.15, 0.2) is 5.16 Å². The van der Waals surface area contributed by atoms with Crippen LogP contribution in [-0.4, -0.2) is 26.8 Å². The lowest BCUT2D eigenvalue weighted by Crippen LogP contribution is -2.09. The number of halogens is 1. The van der Waals surface area contributed by atoms with Gasteiger partial charge in [0.05, 0.1) is 6.10 Å². The monoisotopic (exact) mass is 247 g/mol. The molecule has 0 aliphatic rings. The number of hydrogen-bond donors (Lipinski definition) is 0. The second-order valence-electron chi connectivity index (χ2n) is 3.18. The summed E-state index contributed by atoms with van der Waals surface area (Å²) in [5.74, 6) is 0.960. The fourth-order valence-electron chi connectivity index (χ4n) is 0.836. The quantitative estimate of drug-likeness (QED) is 0.749. The number of nitrogens with zero attached hydrogens (tertiary/aromatic N) is 3. The third-order valence-electron chi connectivity index (χ3n) is 1.34. The molecule has 0 atom stereocenters. The molecule has 6 heteroatoms. The lowest BCUT2D eigenvalue weighted by molar-refractivity contribution is 0.219. The van der Waals surface area contributed by atoms with Crippen LogP contribution < -0.4 is 4.74 Å². The van der Waals surface area contributed by atoms with Crippen molar-refractivity contribution < 1.29 is 4.74 Å². The lowest BCUT2D eigenvalue weighted by atomic mass is 10.5. The predicted octanol–water partition coefficient (Wildman–Crippen LogP) is 2.81. The summed E-state index contributed by atoms with van der Waals surface area (Å²) in [7, 11) is 0. The Kier molecular flexibility index (Phi) is 5.11. The van der Waals surface area contributed by atoms with Gasteiger partial charge in [-0.1, -0.05) is 18.7 Å². The van der Waals surface area contributed by atoms with E-state index in [0.717, 1.165) is 12.2 Å². The Bertz CT molecular complexity index is 322. The average Bonchev–Trinajstić information content (AvgIpc) is 2.12. The highest BCUT2D eigenvalue weighted by Crippen LogP contribution is 2.18. The number of thioether (sulfide) groups is 1. The van der Waals surface area contributed by atoms with E-state index < -0.39 is 0 Å². The fraction of sp³-hybridized carbons (Fsp3) is 0.667. The third-order valence-corrected chi connectivity index (χ3v) is 2.57. The summed E-state index contributed by atoms with van der Waals surface area (Å²) in [4.78, 5) is 12.0. The van der Waals surface area contributed by atoms with Gasteiger partial charge in [0.1, 0.15) is 0 Å². The van der Waals surface area contributed by atoms with Crippen molar-refractivity contribution in [1.82, 2.24) is 15.0 Å². The van der Waals surface area contributed by atoms with Gasteiger partial charge in [-0.15, -0.1) is 0 Å². The van der Waals surface area contributed by atoms with E-state index in [2.05, 4.69) is 21.9 Å². The Morgan fingerprint density at radius 1 is 1.33 bits per heavy atom. The summed E-state index contributed by atoms with van der Waals surface area (Å²) < 4.78 is 5.36. The molecule has 0 bridgehead atoms. The zero-order valence-corrected chi connectivity index (χ0v) is 10.6. The van der Waals surface area contributed by atoms with Gasteiger partial charge in [-0.25, -0.2) is 0 Å². The molecule has 0 saturated carbocycles. The van der Waals surface area contributed by atoms with Crippen LogP contribution in [0, 0.1) is 0 Å². The number of rotatable bonds is 5. The van der Waals surface area contributed by atoms with Crippen LogP contribution in [0.1, 0.15) is 27.2 Å². The van der Waals surface area contributed by atoms with Gasteiger partial charge in [-0.3, -0.25) is 0 Å². The van der Waals surface area contributed by atoms with Crippen molar-refractivity contribution in [1.29, 1.82) is 0 Å². The first-order valence-corrected chi connectivity index (χ1v) is 6.19. The first kappa shape index (κ1) is 12.5. The first-order valence-electron chi connectivity index (χ1n) is 4.83. The molecule has 0 saturated heterocycles. The summed E-state index contributed by atoms with van der Waals surface area (Å²) >= 11 is 7.31. The van der Waals surface area contributed by atoms with Crippen LogP contribution in [0.5, 0.6) is 6.01 Å². The highest BCUT2D eigenvalue weighted by Gasteiger charge is 2.07. The maximum absolute atomic E-state index is 5.76. The van der Waals surface area contributed by atoms with Gasteiger partial charge in [0.25, 0.3) is 0 Å². The molecule has 0 aliphatic carbocycles. The summed E-state index contributed by atoms with van der Waals surface area (Å²) in [6.07, 6.45) is 1.10. The maximum Gasteiger partial charge on any atom is 0.321 e. The van der Waals surface area contributed by atoms with Gasteiger partial charge in [-0.2, -0.15) is 15.0 Å². The second kappa shape index (κ2) is 6.12. The Balaban J connectivity index is 2.75. The molecule has 0 aromatic carbocycles. The molecular weight excluding hydrogens is 234 g/mol. The lowest BCUT2D eigenvalue weighted by Gasteiger charge is -2.08. The summed E-state index contributed by atoms with van der Waals surface area (Å²) in [5.41, 5.74) is 0. The summed E-state index contributed by atoms with van der Waals surface area (Å²) in [6, 6.07) is 0.295. The van der Waals surface area contributed by atoms with Crippen molar-refractivity contribution in [3.8, 4) is 6.01 Å². The van der Waals surface area contributed by atoms with Crippen LogP contribution in [0.3, 0.4) is 0 Å². The Labute approximate surface area is 98.8 Å². The predicted molar refractivity (Wildman–Crippen MR) is 61.6 cm³/mol. The second-order valence-corrected chi connectivity index (χ2v) is 4.58. The van der Waals surface area contributed by atoms with E-state index in [1.165, 1.54) is 0 Å². The van der Waals surface area contributed by atoms with Gasteiger partial charge in [0.2, 0.25) is 5.28 Å². The smallest absolute Gasteiger partial charge is 0.321 e. The largest absolute Gasteiger partial charge is 0.461 e. The van der Waals surface area contributed by atoms with E-state index in [9.17, 15) is 0 Å². The molecule has 15 heavy (non-hydrogen) atoms. The first-order chi connectivity index (χ1) is 7.11. The average molecular weight is 248 g/mol. The molecule has 4 nitrogen and oxygen atoms in total. The Morgan fingerprint density at radius 3 is 2.67 bits per heavy atom. The van der Waals surface area contributed by atoms with Crippen molar-refractivity contribution in [2.24, 2.45) is 0 Å². The van der Waals surface area contributed by atoms with E-state index >= 15 is 0 Å². The fourth-order valence-corrected chi connectivity index (χ4v) is 1.72. The van der Waals surface area contributed by atoms with Crippen LogP contribution in [0.15, 0.2) is 5.16 Å². The molecule has 1 heterocycles. The molecular formula is C9H14ClN3OS. The van der Waals surface area contributed by atoms with Crippen molar-refractivity contribution in [3.05, 3.63) is 5.28 Å². The summed E-state index contributed by atoms with van der Waals surface area (Å²) in [5, 5.41) is 0.798. The molecule has 0 unspecified atom stereocenters. The van der Waals surface area contributed by atoms with Crippen molar-refractivity contribution in [2.75, 3.05) is 5.75 Å². The molecule has 0 fully saturated rings. The maximum atomic E-state index is 5.76. The third kappa shape index (κ3) is 4.66. The van der Waals surface area contributed by atoms with Crippen LogP contribution in [0.2, 0.25) is 5.28 Å². The minimum atomic E-state index is 0.0347. The number of aromatic nitrogens is 3. The summed E-state index contributed by atoms with van der Waals surface area (Å²) in [6.45, 7) is 5.93. The molecule has 1 aromatic heterocycles. The topological polar surface area (TPSA) is 47.9 Å². The molecule has 0 spiro atoms. The Morgan fingerprint density at radius 2 is 2.07 bits per heavy atom. The minimum absolute atomic E-state index is 0.0347. The molecule has 0 N–H and O–H groups in total. The zero-order chi connectivity index (χ0) is 11.3. The highest BCUT2D eigenvalue weighted by atomic mass is 35.5. The normalized spacial score (nSPS) is 10.7. The molecule has 1 aromatic rings. The standard InChI is InChI=1S/C9H14ClN3OS/c1-4-5-15-9-12-7(10)11-8(13-9)14-6(2)3/h6H,4-5H2,1-3H3. The number of hydrogen-bond acceptors (Lipinski definition) is 5. The van der Waals surface area contributed by atoms with E-state index in [-0.39, 0.29) is 11.4 Å². The van der Waals surface area contributed by atoms with Crippen LogP contribution in [0.25, 0.3) is 0 Å². The molecule has 1 rings (SSSR count).